The highest BCUT2D eigenvalue weighted by atomic mass is 14.8. The maximum absolute atomic E-state index is 4.96. The molecule has 0 aromatic heterocycles. The molecule has 1 aliphatic heterocycles. The first-order valence-corrected chi connectivity index (χ1v) is 9.28. The van der Waals surface area contributed by atoms with Gasteiger partial charge in [0.1, 0.15) is 0 Å². The predicted octanol–water partition coefficient (Wildman–Crippen LogP) is 6.19. The fraction of sp³-hybridized carbons (Fsp3) is 0.850. The van der Waals surface area contributed by atoms with Gasteiger partial charge in [-0.05, 0) is 55.9 Å². The molecule has 0 radical (unpaired) electrons. The van der Waals surface area contributed by atoms with Crippen molar-refractivity contribution in [2.45, 2.75) is 91.5 Å². The molecule has 0 aromatic carbocycles. The lowest BCUT2D eigenvalue weighted by molar-refractivity contribution is 0.0473. The van der Waals surface area contributed by atoms with E-state index in [1.54, 1.807) is 0 Å². The van der Waals surface area contributed by atoms with Gasteiger partial charge in [-0.2, -0.15) is 0 Å². The van der Waals surface area contributed by atoms with E-state index in [1.807, 2.05) is 0 Å². The van der Waals surface area contributed by atoms with Gasteiger partial charge < -0.3 is 0 Å². The molecule has 1 fully saturated rings. The molecule has 0 saturated heterocycles. The molecule has 120 valence electrons. The van der Waals surface area contributed by atoms with E-state index in [0.717, 1.165) is 18.3 Å². The van der Waals surface area contributed by atoms with Crippen LogP contribution in [-0.2, 0) is 0 Å². The second kappa shape index (κ2) is 7.61. The summed E-state index contributed by atoms with van der Waals surface area (Å²) in [6, 6.07) is 0.556. The van der Waals surface area contributed by atoms with Crippen LogP contribution in [0, 0.1) is 17.3 Å². The molecule has 4 unspecified atom stereocenters. The van der Waals surface area contributed by atoms with Crippen molar-refractivity contribution in [1.29, 1.82) is 0 Å². The van der Waals surface area contributed by atoms with E-state index in [1.165, 1.54) is 57.1 Å². The van der Waals surface area contributed by atoms with E-state index in [4.69, 9.17) is 4.99 Å². The smallest absolute Gasteiger partial charge is 0.0568 e. The Balaban J connectivity index is 1.96. The van der Waals surface area contributed by atoms with Gasteiger partial charge in [0.2, 0.25) is 0 Å². The monoisotopic (exact) mass is 289 g/mol. The summed E-state index contributed by atoms with van der Waals surface area (Å²) in [6.45, 7) is 9.54. The summed E-state index contributed by atoms with van der Waals surface area (Å²) >= 11 is 0. The Kier molecular flexibility index (Phi) is 6.08. The second-order valence-corrected chi connectivity index (χ2v) is 7.79. The maximum atomic E-state index is 4.96. The van der Waals surface area contributed by atoms with Crippen molar-refractivity contribution < 1.29 is 0 Å². The molecular weight excluding hydrogens is 254 g/mol. The quantitative estimate of drug-likeness (QED) is 0.517. The summed E-state index contributed by atoms with van der Waals surface area (Å²) in [6.07, 6.45) is 17.0. The molecule has 1 heterocycles. The van der Waals surface area contributed by atoms with Crippen LogP contribution in [-0.4, -0.2) is 11.8 Å². The van der Waals surface area contributed by atoms with Crippen molar-refractivity contribution in [1.82, 2.24) is 0 Å². The number of hydrogen-bond donors (Lipinski definition) is 0. The van der Waals surface area contributed by atoms with Crippen LogP contribution >= 0.6 is 0 Å². The lowest BCUT2D eigenvalue weighted by atomic mass is 9.59. The van der Waals surface area contributed by atoms with Gasteiger partial charge in [-0.25, -0.2) is 0 Å². The van der Waals surface area contributed by atoms with Crippen LogP contribution in [0.4, 0.5) is 0 Å². The van der Waals surface area contributed by atoms with Crippen LogP contribution in [0.25, 0.3) is 0 Å². The molecule has 1 heteroatoms. The summed E-state index contributed by atoms with van der Waals surface area (Å²) in [5.41, 5.74) is 1.79. The molecule has 1 saturated carbocycles. The Hall–Kier alpha value is -0.590. The molecule has 0 amide bonds. The van der Waals surface area contributed by atoms with Crippen molar-refractivity contribution in [2.24, 2.45) is 22.2 Å². The molecule has 21 heavy (non-hydrogen) atoms. The van der Waals surface area contributed by atoms with Crippen molar-refractivity contribution in [2.75, 3.05) is 0 Å². The zero-order valence-corrected chi connectivity index (χ0v) is 14.7. The van der Waals surface area contributed by atoms with Crippen LogP contribution < -0.4 is 0 Å². The second-order valence-electron chi connectivity index (χ2n) is 7.79. The first-order chi connectivity index (χ1) is 10.1. The fourth-order valence-corrected chi connectivity index (χ4v) is 4.58. The number of hydrogen-bond acceptors (Lipinski definition) is 1. The minimum absolute atomic E-state index is 0.556. The number of allylic oxidation sites excluding steroid dienone is 1. The number of dihydropyridines is 1. The normalized spacial score (nSPS) is 36.6. The van der Waals surface area contributed by atoms with Crippen molar-refractivity contribution >= 4 is 5.71 Å². The summed E-state index contributed by atoms with van der Waals surface area (Å²) < 4.78 is 0. The van der Waals surface area contributed by atoms with Crippen LogP contribution in [0.5, 0.6) is 0 Å². The minimum Gasteiger partial charge on any atom is -0.286 e. The average Bonchev–Trinajstić information content (AvgIpc) is 2.47. The molecule has 0 bridgehead atoms. The van der Waals surface area contributed by atoms with E-state index in [0.29, 0.717) is 11.5 Å². The predicted molar refractivity (Wildman–Crippen MR) is 94.0 cm³/mol. The Morgan fingerprint density at radius 1 is 1.29 bits per heavy atom. The van der Waals surface area contributed by atoms with Gasteiger partial charge in [-0.15, -0.1) is 0 Å². The highest BCUT2D eigenvalue weighted by Crippen LogP contribution is 2.49. The number of unbranched alkanes of at least 4 members (excludes halogenated alkanes) is 3. The zero-order chi connectivity index (χ0) is 15.3. The van der Waals surface area contributed by atoms with Crippen molar-refractivity contribution in [3.63, 3.8) is 0 Å². The van der Waals surface area contributed by atoms with E-state index in [2.05, 4.69) is 39.8 Å². The molecule has 2 rings (SSSR count). The van der Waals surface area contributed by atoms with Crippen molar-refractivity contribution in [3.8, 4) is 0 Å². The van der Waals surface area contributed by atoms with Gasteiger partial charge in [0.25, 0.3) is 0 Å². The van der Waals surface area contributed by atoms with Crippen LogP contribution in [0.1, 0.15) is 85.5 Å². The summed E-state index contributed by atoms with van der Waals surface area (Å²) in [7, 11) is 0. The third kappa shape index (κ3) is 4.20. The molecule has 1 nitrogen and oxygen atoms in total. The van der Waals surface area contributed by atoms with Crippen molar-refractivity contribution in [3.05, 3.63) is 12.2 Å². The fourth-order valence-electron chi connectivity index (χ4n) is 4.58. The highest BCUT2D eigenvalue weighted by molar-refractivity contribution is 5.93. The molecule has 0 spiro atoms. The average molecular weight is 290 g/mol. The molecule has 0 aromatic rings. The Morgan fingerprint density at radius 2 is 2.10 bits per heavy atom. The van der Waals surface area contributed by atoms with Gasteiger partial charge in [-0.1, -0.05) is 59.0 Å². The molecule has 4 atom stereocenters. The third-order valence-electron chi connectivity index (χ3n) is 6.23. The summed E-state index contributed by atoms with van der Waals surface area (Å²) in [5, 5.41) is 0. The van der Waals surface area contributed by atoms with E-state index in [9.17, 15) is 0 Å². The van der Waals surface area contributed by atoms with Crippen LogP contribution in [0.2, 0.25) is 0 Å². The Bertz CT molecular complexity index is 381. The minimum atomic E-state index is 0.556. The van der Waals surface area contributed by atoms with E-state index >= 15 is 0 Å². The molecule has 2 aliphatic rings. The van der Waals surface area contributed by atoms with Gasteiger partial charge in [0.15, 0.2) is 0 Å². The zero-order valence-electron chi connectivity index (χ0n) is 14.7. The van der Waals surface area contributed by atoms with Gasteiger partial charge in [0.05, 0.1) is 6.04 Å². The number of nitrogens with zero attached hydrogens (tertiary/aromatic N) is 1. The Morgan fingerprint density at radius 3 is 2.81 bits per heavy atom. The van der Waals surface area contributed by atoms with Crippen LogP contribution in [0.15, 0.2) is 17.1 Å². The lowest BCUT2D eigenvalue weighted by Gasteiger charge is -2.47. The Labute approximate surface area is 132 Å². The third-order valence-corrected chi connectivity index (χ3v) is 6.23. The van der Waals surface area contributed by atoms with Gasteiger partial charge in [0, 0.05) is 5.71 Å². The topological polar surface area (TPSA) is 12.4 Å². The van der Waals surface area contributed by atoms with E-state index < -0.39 is 0 Å². The highest BCUT2D eigenvalue weighted by Gasteiger charge is 2.41. The molecule has 0 N–H and O–H groups in total. The molecule has 1 aliphatic carbocycles. The van der Waals surface area contributed by atoms with Gasteiger partial charge >= 0.3 is 0 Å². The number of aliphatic imine (C=N–C) groups is 1. The first-order valence-electron chi connectivity index (χ1n) is 9.28. The summed E-state index contributed by atoms with van der Waals surface area (Å²) in [5.74, 6) is 1.62. The first kappa shape index (κ1) is 16.8. The summed E-state index contributed by atoms with van der Waals surface area (Å²) in [4.78, 5) is 4.96. The standard InChI is InChI=1S/C20H35N/c1-5-6-7-8-14-20(4)15-10-12-18(17(20)3)19-13-9-11-16(2)21-19/h9,11,17-19H,5-8,10,12-15H2,1-4H3. The van der Waals surface area contributed by atoms with E-state index in [-0.39, 0.29) is 0 Å². The molecular formula is C20H35N. The van der Waals surface area contributed by atoms with Crippen LogP contribution in [0.3, 0.4) is 0 Å². The van der Waals surface area contributed by atoms with Gasteiger partial charge in [-0.3, -0.25) is 4.99 Å². The largest absolute Gasteiger partial charge is 0.286 e. The lowest BCUT2D eigenvalue weighted by Crippen LogP contribution is -2.40. The maximum Gasteiger partial charge on any atom is 0.0568 e. The SMILES string of the molecule is CCCCCCC1(C)CCCC(C2CC=CC(C)=N2)C1C. The number of rotatable bonds is 6.